The zero-order valence-electron chi connectivity index (χ0n) is 11.8. The monoisotopic (exact) mass is 284 g/mol. The molecule has 1 saturated heterocycles. The largest absolute Gasteiger partial charge is 0.368 e. The number of piperazine rings is 1. The number of anilines is 1. The standard InChI is InChI=1S/C15H22ClFN2/c1-3-4-5-18-6-8-19(9-7-18)15-10-12(2)14(17)11-13(15)16/h10-11H,3-9H2,1-2H3. The molecule has 0 aliphatic carbocycles. The van der Waals surface area contributed by atoms with Gasteiger partial charge in [-0.25, -0.2) is 4.39 Å². The summed E-state index contributed by atoms with van der Waals surface area (Å²) < 4.78 is 13.4. The summed E-state index contributed by atoms with van der Waals surface area (Å²) in [5, 5.41) is 0.519. The van der Waals surface area contributed by atoms with Crippen molar-refractivity contribution in [3.05, 3.63) is 28.5 Å². The third-order valence-electron chi connectivity index (χ3n) is 3.77. The summed E-state index contributed by atoms with van der Waals surface area (Å²) in [5.41, 5.74) is 1.63. The highest BCUT2D eigenvalue weighted by atomic mass is 35.5. The van der Waals surface area contributed by atoms with E-state index in [1.807, 2.05) is 6.07 Å². The quantitative estimate of drug-likeness (QED) is 0.832. The van der Waals surface area contributed by atoms with Crippen molar-refractivity contribution < 1.29 is 4.39 Å². The summed E-state index contributed by atoms with van der Waals surface area (Å²) in [6.45, 7) is 9.24. The van der Waals surface area contributed by atoms with Crippen LogP contribution in [0.3, 0.4) is 0 Å². The Balaban J connectivity index is 1.99. The van der Waals surface area contributed by atoms with Gasteiger partial charge in [-0.05, 0) is 37.6 Å². The molecule has 1 aliphatic heterocycles. The number of nitrogens with zero attached hydrogens (tertiary/aromatic N) is 2. The molecule has 1 heterocycles. The number of halogens is 2. The van der Waals surface area contributed by atoms with E-state index in [1.54, 1.807) is 6.92 Å². The van der Waals surface area contributed by atoms with Crippen molar-refractivity contribution in [2.45, 2.75) is 26.7 Å². The van der Waals surface area contributed by atoms with Crippen LogP contribution in [0.4, 0.5) is 10.1 Å². The van der Waals surface area contributed by atoms with Gasteiger partial charge in [0.15, 0.2) is 0 Å². The van der Waals surface area contributed by atoms with E-state index in [0.29, 0.717) is 10.6 Å². The molecule has 0 spiro atoms. The van der Waals surface area contributed by atoms with Gasteiger partial charge in [-0.2, -0.15) is 0 Å². The van der Waals surface area contributed by atoms with Gasteiger partial charge in [0, 0.05) is 26.2 Å². The Hall–Kier alpha value is -0.800. The molecule has 0 amide bonds. The third kappa shape index (κ3) is 3.61. The maximum atomic E-state index is 13.4. The fraction of sp³-hybridized carbons (Fsp3) is 0.600. The summed E-state index contributed by atoms with van der Waals surface area (Å²) >= 11 is 6.16. The average molecular weight is 285 g/mol. The zero-order valence-corrected chi connectivity index (χ0v) is 12.5. The lowest BCUT2D eigenvalue weighted by Gasteiger charge is -2.36. The maximum absolute atomic E-state index is 13.4. The molecule has 106 valence electrons. The summed E-state index contributed by atoms with van der Waals surface area (Å²) in [5.74, 6) is -0.227. The van der Waals surface area contributed by atoms with Crippen molar-refractivity contribution >= 4 is 17.3 Å². The van der Waals surface area contributed by atoms with Crippen molar-refractivity contribution in [2.24, 2.45) is 0 Å². The summed E-state index contributed by atoms with van der Waals surface area (Å²) in [4.78, 5) is 4.75. The Kier molecular flexibility index (Phi) is 5.06. The normalized spacial score (nSPS) is 16.9. The van der Waals surface area contributed by atoms with E-state index in [2.05, 4.69) is 16.7 Å². The fourth-order valence-electron chi connectivity index (χ4n) is 2.48. The van der Waals surface area contributed by atoms with Crippen LogP contribution in [0, 0.1) is 12.7 Å². The molecule has 0 N–H and O–H groups in total. The topological polar surface area (TPSA) is 6.48 Å². The molecule has 4 heteroatoms. The Morgan fingerprint density at radius 1 is 1.21 bits per heavy atom. The smallest absolute Gasteiger partial charge is 0.127 e. The molecular formula is C15H22ClFN2. The van der Waals surface area contributed by atoms with Crippen molar-refractivity contribution in [3.63, 3.8) is 0 Å². The Morgan fingerprint density at radius 2 is 1.89 bits per heavy atom. The predicted molar refractivity (Wildman–Crippen MR) is 79.7 cm³/mol. The van der Waals surface area contributed by atoms with Crippen molar-refractivity contribution in [2.75, 3.05) is 37.6 Å². The van der Waals surface area contributed by atoms with Gasteiger partial charge in [0.2, 0.25) is 0 Å². The second-order valence-electron chi connectivity index (χ2n) is 5.24. The molecule has 1 fully saturated rings. The Labute approximate surface area is 120 Å². The summed E-state index contributed by atoms with van der Waals surface area (Å²) in [6, 6.07) is 3.29. The molecule has 0 saturated carbocycles. The van der Waals surface area contributed by atoms with Crippen LogP contribution in [0.2, 0.25) is 5.02 Å². The number of unbranched alkanes of at least 4 members (excludes halogenated alkanes) is 1. The minimum Gasteiger partial charge on any atom is -0.368 e. The van der Waals surface area contributed by atoms with Crippen LogP contribution in [0.15, 0.2) is 12.1 Å². The summed E-state index contributed by atoms with van der Waals surface area (Å²) in [6.07, 6.45) is 2.50. The van der Waals surface area contributed by atoms with Gasteiger partial charge in [0.05, 0.1) is 10.7 Å². The predicted octanol–water partition coefficient (Wildman–Crippen LogP) is 3.71. The van der Waals surface area contributed by atoms with Crippen LogP contribution < -0.4 is 4.90 Å². The van der Waals surface area contributed by atoms with E-state index in [9.17, 15) is 4.39 Å². The molecule has 0 atom stereocenters. The maximum Gasteiger partial charge on any atom is 0.127 e. The SMILES string of the molecule is CCCCN1CCN(c2cc(C)c(F)cc2Cl)CC1. The first-order valence-electron chi connectivity index (χ1n) is 7.04. The number of benzene rings is 1. The Morgan fingerprint density at radius 3 is 2.53 bits per heavy atom. The number of hydrogen-bond acceptors (Lipinski definition) is 2. The van der Waals surface area contributed by atoms with Gasteiger partial charge in [-0.3, -0.25) is 4.90 Å². The molecule has 2 rings (SSSR count). The lowest BCUT2D eigenvalue weighted by atomic mass is 10.1. The Bertz CT molecular complexity index is 428. The highest BCUT2D eigenvalue weighted by Crippen LogP contribution is 2.29. The molecule has 0 aromatic heterocycles. The average Bonchev–Trinajstić information content (AvgIpc) is 2.41. The number of rotatable bonds is 4. The molecule has 1 aliphatic rings. The van der Waals surface area contributed by atoms with Gasteiger partial charge in [-0.15, -0.1) is 0 Å². The van der Waals surface area contributed by atoms with E-state index < -0.39 is 0 Å². The van der Waals surface area contributed by atoms with Gasteiger partial charge in [-0.1, -0.05) is 24.9 Å². The second kappa shape index (κ2) is 6.58. The molecule has 1 aromatic rings. The van der Waals surface area contributed by atoms with Gasteiger partial charge < -0.3 is 4.90 Å². The lowest BCUT2D eigenvalue weighted by Crippen LogP contribution is -2.46. The molecule has 2 nitrogen and oxygen atoms in total. The van der Waals surface area contributed by atoms with E-state index in [-0.39, 0.29) is 5.82 Å². The van der Waals surface area contributed by atoms with Crippen molar-refractivity contribution in [3.8, 4) is 0 Å². The van der Waals surface area contributed by atoms with Crippen LogP contribution in [-0.4, -0.2) is 37.6 Å². The molecular weight excluding hydrogens is 263 g/mol. The third-order valence-corrected chi connectivity index (χ3v) is 4.07. The lowest BCUT2D eigenvalue weighted by molar-refractivity contribution is 0.254. The van der Waals surface area contributed by atoms with E-state index in [1.165, 1.54) is 25.5 Å². The molecule has 0 bridgehead atoms. The van der Waals surface area contributed by atoms with Crippen LogP contribution in [0.1, 0.15) is 25.3 Å². The highest BCUT2D eigenvalue weighted by molar-refractivity contribution is 6.33. The van der Waals surface area contributed by atoms with Crippen LogP contribution in [0.25, 0.3) is 0 Å². The number of aryl methyl sites for hydroxylation is 1. The van der Waals surface area contributed by atoms with Gasteiger partial charge >= 0.3 is 0 Å². The van der Waals surface area contributed by atoms with Gasteiger partial charge in [0.25, 0.3) is 0 Å². The zero-order chi connectivity index (χ0) is 13.8. The first-order chi connectivity index (χ1) is 9.11. The van der Waals surface area contributed by atoms with Crippen LogP contribution >= 0.6 is 11.6 Å². The van der Waals surface area contributed by atoms with E-state index >= 15 is 0 Å². The van der Waals surface area contributed by atoms with Crippen LogP contribution in [0.5, 0.6) is 0 Å². The molecule has 19 heavy (non-hydrogen) atoms. The fourth-order valence-corrected chi connectivity index (χ4v) is 2.75. The van der Waals surface area contributed by atoms with Crippen molar-refractivity contribution in [1.82, 2.24) is 4.90 Å². The number of hydrogen-bond donors (Lipinski definition) is 0. The van der Waals surface area contributed by atoms with Crippen molar-refractivity contribution in [1.29, 1.82) is 0 Å². The van der Waals surface area contributed by atoms with E-state index in [4.69, 9.17) is 11.6 Å². The highest BCUT2D eigenvalue weighted by Gasteiger charge is 2.19. The van der Waals surface area contributed by atoms with Gasteiger partial charge in [0.1, 0.15) is 5.82 Å². The first-order valence-corrected chi connectivity index (χ1v) is 7.42. The first kappa shape index (κ1) is 14.6. The minimum atomic E-state index is -0.227. The molecule has 0 unspecified atom stereocenters. The molecule has 1 aromatic carbocycles. The second-order valence-corrected chi connectivity index (χ2v) is 5.64. The van der Waals surface area contributed by atoms with E-state index in [0.717, 1.165) is 31.9 Å². The minimum absolute atomic E-state index is 0.227. The molecule has 0 radical (unpaired) electrons. The summed E-state index contributed by atoms with van der Waals surface area (Å²) in [7, 11) is 0. The van der Waals surface area contributed by atoms with Crippen LogP contribution in [-0.2, 0) is 0 Å².